The summed E-state index contributed by atoms with van der Waals surface area (Å²) in [4.78, 5) is 33.7. The van der Waals surface area contributed by atoms with Crippen LogP contribution < -0.4 is 11.2 Å². The number of hydrogen-bond acceptors (Lipinski definition) is 4. The third-order valence-electron chi connectivity index (χ3n) is 4.56. The highest BCUT2D eigenvalue weighted by Crippen LogP contribution is 2.17. The Morgan fingerprint density at radius 3 is 2.72 bits per heavy atom. The number of rotatable bonds is 3. The molecule has 0 fully saturated rings. The van der Waals surface area contributed by atoms with Crippen molar-refractivity contribution in [3.63, 3.8) is 0 Å². The van der Waals surface area contributed by atoms with Gasteiger partial charge >= 0.3 is 5.69 Å². The van der Waals surface area contributed by atoms with E-state index < -0.39 is 0 Å². The molecule has 0 N–H and O–H groups in total. The summed E-state index contributed by atoms with van der Waals surface area (Å²) in [5.74, 6) is 0. The Morgan fingerprint density at radius 2 is 1.88 bits per heavy atom. The number of benzene rings is 1. The third-order valence-corrected chi connectivity index (χ3v) is 4.56. The molecule has 126 valence electrons. The van der Waals surface area contributed by atoms with Gasteiger partial charge in [0, 0.05) is 38.4 Å². The molecule has 0 aliphatic rings. The Bertz CT molecular complexity index is 1210. The number of aryl methyl sites for hydroxylation is 3. The molecule has 25 heavy (non-hydrogen) atoms. The summed E-state index contributed by atoms with van der Waals surface area (Å²) in [6, 6.07) is 7.96. The molecule has 0 saturated heterocycles. The van der Waals surface area contributed by atoms with Gasteiger partial charge in [-0.15, -0.1) is 0 Å². The number of pyridine rings is 1. The first-order chi connectivity index (χ1) is 12.1. The van der Waals surface area contributed by atoms with E-state index >= 15 is 0 Å². The predicted octanol–water partition coefficient (Wildman–Crippen LogP) is 1.22. The van der Waals surface area contributed by atoms with Gasteiger partial charge in [-0.25, -0.2) is 9.78 Å². The number of aromatic nitrogens is 5. The van der Waals surface area contributed by atoms with Crippen LogP contribution in [0, 0.1) is 0 Å². The van der Waals surface area contributed by atoms with Crippen LogP contribution in [-0.2, 0) is 27.1 Å². The standard InChI is InChI=1S/C18H17N5O2/c1-21-11-20-16-15(21)17(24)23(18(25)22(16)2)8-7-13-10-19-9-12-5-3-4-6-14(12)13/h3-6,9-11H,7-8H2,1-2H3. The van der Waals surface area contributed by atoms with E-state index in [1.54, 1.807) is 31.2 Å². The molecule has 3 aromatic heterocycles. The number of hydrogen-bond donors (Lipinski definition) is 0. The van der Waals surface area contributed by atoms with Gasteiger partial charge < -0.3 is 4.57 Å². The highest BCUT2D eigenvalue weighted by atomic mass is 16.2. The number of fused-ring (bicyclic) bond motifs is 2. The van der Waals surface area contributed by atoms with E-state index in [0.717, 1.165) is 16.3 Å². The zero-order chi connectivity index (χ0) is 17.6. The van der Waals surface area contributed by atoms with Crippen LogP contribution in [0.1, 0.15) is 5.56 Å². The summed E-state index contributed by atoms with van der Waals surface area (Å²) >= 11 is 0. The topological polar surface area (TPSA) is 74.7 Å². The van der Waals surface area contributed by atoms with E-state index in [2.05, 4.69) is 9.97 Å². The van der Waals surface area contributed by atoms with Crippen molar-refractivity contribution >= 4 is 21.9 Å². The lowest BCUT2D eigenvalue weighted by Gasteiger charge is -2.10. The van der Waals surface area contributed by atoms with Crippen molar-refractivity contribution in [2.75, 3.05) is 0 Å². The fraction of sp³-hybridized carbons (Fsp3) is 0.222. The summed E-state index contributed by atoms with van der Waals surface area (Å²) in [6.07, 6.45) is 5.70. The first-order valence-electron chi connectivity index (χ1n) is 8.00. The van der Waals surface area contributed by atoms with E-state index in [4.69, 9.17) is 0 Å². The van der Waals surface area contributed by atoms with Crippen LogP contribution in [0.15, 0.2) is 52.6 Å². The van der Waals surface area contributed by atoms with Gasteiger partial charge in [-0.1, -0.05) is 24.3 Å². The summed E-state index contributed by atoms with van der Waals surface area (Å²) in [5.41, 5.74) is 1.17. The van der Waals surface area contributed by atoms with Crippen LogP contribution in [0.2, 0.25) is 0 Å². The molecule has 3 heterocycles. The van der Waals surface area contributed by atoms with E-state index in [0.29, 0.717) is 24.1 Å². The molecule has 4 rings (SSSR count). The average Bonchev–Trinajstić information content (AvgIpc) is 3.02. The zero-order valence-corrected chi connectivity index (χ0v) is 14.0. The molecule has 0 saturated carbocycles. The summed E-state index contributed by atoms with van der Waals surface area (Å²) in [5, 5.41) is 2.13. The van der Waals surface area contributed by atoms with Crippen molar-refractivity contribution in [1.29, 1.82) is 0 Å². The molecule has 0 aliphatic heterocycles. The minimum absolute atomic E-state index is 0.294. The Hall–Kier alpha value is -3.22. The molecule has 7 nitrogen and oxygen atoms in total. The van der Waals surface area contributed by atoms with Crippen LogP contribution >= 0.6 is 0 Å². The van der Waals surface area contributed by atoms with Crippen molar-refractivity contribution < 1.29 is 0 Å². The molecule has 0 unspecified atom stereocenters. The molecule has 0 aliphatic carbocycles. The first kappa shape index (κ1) is 15.3. The van der Waals surface area contributed by atoms with Crippen LogP contribution in [0.3, 0.4) is 0 Å². The second-order valence-corrected chi connectivity index (χ2v) is 6.10. The van der Waals surface area contributed by atoms with Crippen molar-refractivity contribution in [3.05, 3.63) is 69.4 Å². The van der Waals surface area contributed by atoms with Gasteiger partial charge in [0.05, 0.1) is 6.33 Å². The van der Waals surface area contributed by atoms with Crippen LogP contribution in [0.5, 0.6) is 0 Å². The van der Waals surface area contributed by atoms with Gasteiger partial charge in [0.15, 0.2) is 11.2 Å². The normalized spacial score (nSPS) is 11.4. The second kappa shape index (κ2) is 5.70. The fourth-order valence-corrected chi connectivity index (χ4v) is 3.20. The molecule has 0 radical (unpaired) electrons. The average molecular weight is 335 g/mol. The van der Waals surface area contributed by atoms with Gasteiger partial charge in [0.1, 0.15) is 0 Å². The predicted molar refractivity (Wildman–Crippen MR) is 95.7 cm³/mol. The zero-order valence-electron chi connectivity index (χ0n) is 14.0. The van der Waals surface area contributed by atoms with Crippen molar-refractivity contribution in [2.24, 2.45) is 14.1 Å². The van der Waals surface area contributed by atoms with E-state index in [1.165, 1.54) is 9.13 Å². The molecule has 0 atom stereocenters. The van der Waals surface area contributed by atoms with E-state index in [1.807, 2.05) is 30.5 Å². The summed E-state index contributed by atoms with van der Waals surface area (Å²) in [7, 11) is 3.38. The van der Waals surface area contributed by atoms with Gasteiger partial charge in [-0.3, -0.25) is 18.9 Å². The first-order valence-corrected chi connectivity index (χ1v) is 8.00. The van der Waals surface area contributed by atoms with E-state index in [9.17, 15) is 9.59 Å². The van der Waals surface area contributed by atoms with Gasteiger partial charge in [0.2, 0.25) is 0 Å². The maximum absolute atomic E-state index is 12.7. The molecule has 0 bridgehead atoms. The second-order valence-electron chi connectivity index (χ2n) is 6.10. The molecule has 0 amide bonds. The molecule has 4 aromatic rings. The van der Waals surface area contributed by atoms with Crippen molar-refractivity contribution in [3.8, 4) is 0 Å². The minimum atomic E-state index is -0.357. The monoisotopic (exact) mass is 335 g/mol. The lowest BCUT2D eigenvalue weighted by atomic mass is 10.1. The largest absolute Gasteiger partial charge is 0.332 e. The Morgan fingerprint density at radius 1 is 1.08 bits per heavy atom. The van der Waals surface area contributed by atoms with Gasteiger partial charge in [-0.2, -0.15) is 0 Å². The summed E-state index contributed by atoms with van der Waals surface area (Å²) < 4.78 is 4.33. The van der Waals surface area contributed by atoms with Crippen LogP contribution in [-0.4, -0.2) is 23.7 Å². The third kappa shape index (κ3) is 2.36. The molecular formula is C18H17N5O2. The molecule has 1 aromatic carbocycles. The van der Waals surface area contributed by atoms with E-state index in [-0.39, 0.29) is 11.2 Å². The lowest BCUT2D eigenvalue weighted by molar-refractivity contribution is 0.602. The maximum Gasteiger partial charge on any atom is 0.332 e. The smallest absolute Gasteiger partial charge is 0.328 e. The molecule has 0 spiro atoms. The van der Waals surface area contributed by atoms with Crippen LogP contribution in [0.25, 0.3) is 21.9 Å². The highest BCUT2D eigenvalue weighted by molar-refractivity contribution is 5.84. The lowest BCUT2D eigenvalue weighted by Crippen LogP contribution is -2.40. The molecular weight excluding hydrogens is 318 g/mol. The number of nitrogens with zero attached hydrogens (tertiary/aromatic N) is 5. The van der Waals surface area contributed by atoms with Crippen molar-refractivity contribution in [2.45, 2.75) is 13.0 Å². The van der Waals surface area contributed by atoms with Crippen molar-refractivity contribution in [1.82, 2.24) is 23.7 Å². The quantitative estimate of drug-likeness (QED) is 0.564. The highest BCUT2D eigenvalue weighted by Gasteiger charge is 2.15. The summed E-state index contributed by atoms with van der Waals surface area (Å²) in [6.45, 7) is 0.294. The van der Waals surface area contributed by atoms with Crippen LogP contribution in [0.4, 0.5) is 0 Å². The fourth-order valence-electron chi connectivity index (χ4n) is 3.20. The molecule has 7 heteroatoms. The maximum atomic E-state index is 12.7. The Kier molecular flexibility index (Phi) is 3.49. The Labute approximate surface area is 142 Å². The van der Waals surface area contributed by atoms with Gasteiger partial charge in [0.25, 0.3) is 5.56 Å². The van der Waals surface area contributed by atoms with Gasteiger partial charge in [-0.05, 0) is 17.4 Å². The Balaban J connectivity index is 1.80. The minimum Gasteiger partial charge on any atom is -0.328 e. The number of imidazole rings is 1. The SMILES string of the molecule is Cn1cnc2c1c(=O)n(CCc1cncc3ccccc13)c(=O)n2C.